The molecule has 0 bridgehead atoms. The molecule has 2 N–H and O–H groups in total. The molecule has 1 amide bonds. The largest absolute Gasteiger partial charge is 0.368 e. The summed E-state index contributed by atoms with van der Waals surface area (Å²) in [7, 11) is 2.13. The molecular weight excluding hydrogens is 190 g/mol. The van der Waals surface area contributed by atoms with Gasteiger partial charge in [-0.05, 0) is 33.4 Å². The fourth-order valence-corrected chi connectivity index (χ4v) is 2.45. The zero-order valence-electron chi connectivity index (χ0n) is 10.1. The molecule has 0 saturated carbocycles. The van der Waals surface area contributed by atoms with Crippen LogP contribution < -0.4 is 5.73 Å². The highest BCUT2D eigenvalue weighted by atomic mass is 16.1. The molecule has 1 aliphatic rings. The van der Waals surface area contributed by atoms with Crippen LogP contribution in [-0.4, -0.2) is 54.5 Å². The predicted molar refractivity (Wildman–Crippen MR) is 61.6 cm³/mol. The third-order valence-corrected chi connectivity index (χ3v) is 3.21. The Kier molecular flexibility index (Phi) is 4.54. The first-order valence-electron chi connectivity index (χ1n) is 5.79. The Morgan fingerprint density at radius 1 is 1.53 bits per heavy atom. The molecule has 1 fully saturated rings. The molecule has 1 aliphatic heterocycles. The van der Waals surface area contributed by atoms with Crippen LogP contribution in [0.4, 0.5) is 0 Å². The first-order chi connectivity index (χ1) is 7.06. The van der Waals surface area contributed by atoms with Crippen LogP contribution in [0.1, 0.15) is 26.7 Å². The molecule has 15 heavy (non-hydrogen) atoms. The maximum absolute atomic E-state index is 11.3. The van der Waals surface area contributed by atoms with E-state index in [-0.39, 0.29) is 11.9 Å². The summed E-state index contributed by atoms with van der Waals surface area (Å²) in [6, 6.07) is 0.321. The minimum absolute atomic E-state index is 0.0912. The highest BCUT2D eigenvalue weighted by molar-refractivity contribution is 5.79. The number of nitrogens with two attached hydrogens (primary N) is 1. The Bertz CT molecular complexity index is 220. The second-order valence-corrected chi connectivity index (χ2v) is 4.53. The van der Waals surface area contributed by atoms with Crippen molar-refractivity contribution in [2.24, 2.45) is 5.73 Å². The van der Waals surface area contributed by atoms with Crippen molar-refractivity contribution in [3.05, 3.63) is 0 Å². The summed E-state index contributed by atoms with van der Waals surface area (Å²) in [6.07, 6.45) is 1.92. The summed E-state index contributed by atoms with van der Waals surface area (Å²) in [5.74, 6) is -0.186. The molecule has 0 radical (unpaired) electrons. The van der Waals surface area contributed by atoms with E-state index in [0.29, 0.717) is 6.04 Å². The van der Waals surface area contributed by atoms with E-state index >= 15 is 0 Å². The second kappa shape index (κ2) is 5.47. The molecule has 1 saturated heterocycles. The van der Waals surface area contributed by atoms with Gasteiger partial charge in [0.25, 0.3) is 0 Å². The number of carbonyl (C=O) groups excluding carboxylic acids is 1. The van der Waals surface area contributed by atoms with Crippen LogP contribution in [0.15, 0.2) is 0 Å². The van der Waals surface area contributed by atoms with Crippen molar-refractivity contribution >= 4 is 5.91 Å². The van der Waals surface area contributed by atoms with Crippen molar-refractivity contribution in [2.45, 2.75) is 38.8 Å². The zero-order chi connectivity index (χ0) is 11.4. The number of amides is 1. The summed E-state index contributed by atoms with van der Waals surface area (Å²) < 4.78 is 0. The summed E-state index contributed by atoms with van der Waals surface area (Å²) >= 11 is 0. The van der Waals surface area contributed by atoms with Crippen LogP contribution in [0, 0.1) is 0 Å². The summed E-state index contributed by atoms with van der Waals surface area (Å²) in [5, 5.41) is 0. The van der Waals surface area contributed by atoms with Gasteiger partial charge in [-0.1, -0.05) is 6.92 Å². The number of hydrogen-bond acceptors (Lipinski definition) is 3. The molecule has 4 heteroatoms. The lowest BCUT2D eigenvalue weighted by Crippen LogP contribution is -2.50. The van der Waals surface area contributed by atoms with E-state index in [4.69, 9.17) is 5.73 Å². The highest BCUT2D eigenvalue weighted by Crippen LogP contribution is 2.14. The van der Waals surface area contributed by atoms with Crippen LogP contribution in [-0.2, 0) is 4.79 Å². The normalized spacial score (nSPS) is 27.3. The summed E-state index contributed by atoms with van der Waals surface area (Å²) in [6.45, 7) is 7.30. The lowest BCUT2D eigenvalue weighted by molar-refractivity contribution is -0.124. The average molecular weight is 213 g/mol. The molecule has 2 unspecified atom stereocenters. The fourth-order valence-electron chi connectivity index (χ4n) is 2.45. The maximum atomic E-state index is 11.3. The number of likely N-dealkylation sites (N-methyl/N-ethyl adjacent to an activating group) is 1. The van der Waals surface area contributed by atoms with Crippen LogP contribution in [0.25, 0.3) is 0 Å². The molecule has 0 aromatic heterocycles. The molecular formula is C11H23N3O. The van der Waals surface area contributed by atoms with E-state index in [2.05, 4.69) is 23.8 Å². The van der Waals surface area contributed by atoms with Gasteiger partial charge in [0.1, 0.15) is 0 Å². The Morgan fingerprint density at radius 2 is 2.20 bits per heavy atom. The third-order valence-electron chi connectivity index (χ3n) is 3.21. The topological polar surface area (TPSA) is 49.6 Å². The summed E-state index contributed by atoms with van der Waals surface area (Å²) in [5.41, 5.74) is 5.43. The van der Waals surface area contributed by atoms with Gasteiger partial charge < -0.3 is 10.6 Å². The Hall–Kier alpha value is -0.610. The van der Waals surface area contributed by atoms with E-state index in [0.717, 1.165) is 32.5 Å². The van der Waals surface area contributed by atoms with Gasteiger partial charge in [0.2, 0.25) is 5.91 Å². The van der Waals surface area contributed by atoms with Crippen molar-refractivity contribution in [3.63, 3.8) is 0 Å². The SMILES string of the molecule is CCC(C(N)=O)N1CCCN(C)CC1C. The van der Waals surface area contributed by atoms with E-state index in [1.165, 1.54) is 0 Å². The number of nitrogens with zero attached hydrogens (tertiary/aromatic N) is 2. The van der Waals surface area contributed by atoms with E-state index in [1.54, 1.807) is 0 Å². The molecule has 4 nitrogen and oxygen atoms in total. The zero-order valence-corrected chi connectivity index (χ0v) is 10.1. The fraction of sp³-hybridized carbons (Fsp3) is 0.909. The van der Waals surface area contributed by atoms with Crippen molar-refractivity contribution in [1.29, 1.82) is 0 Å². The molecule has 0 aromatic rings. The van der Waals surface area contributed by atoms with Gasteiger partial charge in [0, 0.05) is 19.1 Å². The molecule has 0 aliphatic carbocycles. The number of primary amides is 1. The van der Waals surface area contributed by atoms with Crippen LogP contribution in [0.3, 0.4) is 0 Å². The Labute approximate surface area is 92.4 Å². The summed E-state index contributed by atoms with van der Waals surface area (Å²) in [4.78, 5) is 15.9. The van der Waals surface area contributed by atoms with E-state index in [1.807, 2.05) is 6.92 Å². The number of hydrogen-bond donors (Lipinski definition) is 1. The van der Waals surface area contributed by atoms with Gasteiger partial charge in [-0.25, -0.2) is 0 Å². The van der Waals surface area contributed by atoms with Gasteiger partial charge in [0.15, 0.2) is 0 Å². The third kappa shape index (κ3) is 3.18. The van der Waals surface area contributed by atoms with Crippen LogP contribution >= 0.6 is 0 Å². The Morgan fingerprint density at radius 3 is 2.73 bits per heavy atom. The van der Waals surface area contributed by atoms with Gasteiger partial charge in [-0.3, -0.25) is 9.69 Å². The van der Waals surface area contributed by atoms with E-state index < -0.39 is 0 Å². The maximum Gasteiger partial charge on any atom is 0.234 e. The van der Waals surface area contributed by atoms with Gasteiger partial charge >= 0.3 is 0 Å². The molecule has 1 rings (SSSR count). The van der Waals surface area contributed by atoms with E-state index in [9.17, 15) is 4.79 Å². The van der Waals surface area contributed by atoms with Crippen molar-refractivity contribution in [3.8, 4) is 0 Å². The predicted octanol–water partition coefficient (Wildman–Crippen LogP) is 0.276. The average Bonchev–Trinajstić information content (AvgIpc) is 2.29. The molecule has 88 valence electrons. The minimum atomic E-state index is -0.186. The van der Waals surface area contributed by atoms with Gasteiger partial charge in [0.05, 0.1) is 6.04 Å². The van der Waals surface area contributed by atoms with Gasteiger partial charge in [-0.15, -0.1) is 0 Å². The lowest BCUT2D eigenvalue weighted by atomic mass is 10.1. The minimum Gasteiger partial charge on any atom is -0.368 e. The first-order valence-corrected chi connectivity index (χ1v) is 5.79. The highest BCUT2D eigenvalue weighted by Gasteiger charge is 2.28. The number of rotatable bonds is 3. The standard InChI is InChI=1S/C11H23N3O/c1-4-10(11(12)15)14-7-5-6-13(3)8-9(14)2/h9-10H,4-8H2,1-3H3,(H2,12,15). The first kappa shape index (κ1) is 12.5. The molecule has 1 heterocycles. The molecule has 0 aromatic carbocycles. The van der Waals surface area contributed by atoms with Crippen LogP contribution in [0.2, 0.25) is 0 Å². The lowest BCUT2D eigenvalue weighted by Gasteiger charge is -2.33. The van der Waals surface area contributed by atoms with Gasteiger partial charge in [-0.2, -0.15) is 0 Å². The van der Waals surface area contributed by atoms with Crippen molar-refractivity contribution < 1.29 is 4.79 Å². The smallest absolute Gasteiger partial charge is 0.234 e. The van der Waals surface area contributed by atoms with Crippen LogP contribution in [0.5, 0.6) is 0 Å². The quantitative estimate of drug-likeness (QED) is 0.732. The second-order valence-electron chi connectivity index (χ2n) is 4.53. The Balaban J connectivity index is 2.69. The van der Waals surface area contributed by atoms with Crippen molar-refractivity contribution in [1.82, 2.24) is 9.80 Å². The molecule has 2 atom stereocenters. The monoisotopic (exact) mass is 213 g/mol. The number of carbonyl (C=O) groups is 1. The molecule has 0 spiro atoms. The van der Waals surface area contributed by atoms with Crippen molar-refractivity contribution in [2.75, 3.05) is 26.7 Å².